The summed E-state index contributed by atoms with van der Waals surface area (Å²) in [5, 5.41) is 0. The Balaban J connectivity index is 1.47. The highest BCUT2D eigenvalue weighted by Gasteiger charge is 2.37. The van der Waals surface area contributed by atoms with E-state index in [4.69, 9.17) is 0 Å². The second-order valence-electron chi connectivity index (χ2n) is 6.83. The molecule has 2 aliphatic rings. The van der Waals surface area contributed by atoms with Crippen LogP contribution in [0.5, 0.6) is 0 Å². The van der Waals surface area contributed by atoms with Crippen molar-refractivity contribution in [1.82, 2.24) is 9.88 Å². The smallest absolute Gasteiger partial charge is 0.337 e. The van der Waals surface area contributed by atoms with Crippen molar-refractivity contribution in [2.45, 2.75) is 31.5 Å². The van der Waals surface area contributed by atoms with E-state index >= 15 is 0 Å². The van der Waals surface area contributed by atoms with E-state index < -0.39 is 11.7 Å². The van der Waals surface area contributed by atoms with Crippen molar-refractivity contribution in [3.05, 3.63) is 65.0 Å². The molecule has 2 aliphatic heterocycles. The number of hydrogen-bond acceptors (Lipinski definition) is 3. The zero-order valence-electron chi connectivity index (χ0n) is 14.5. The molecule has 0 radical (unpaired) electrons. The van der Waals surface area contributed by atoms with Crippen LogP contribution >= 0.6 is 0 Å². The van der Waals surface area contributed by atoms with Gasteiger partial charge >= 0.3 is 6.18 Å². The number of likely N-dealkylation sites (tertiary alicyclic amines) is 1. The molecule has 3 heterocycles. The highest BCUT2D eigenvalue weighted by molar-refractivity contribution is 6.45. The fourth-order valence-corrected chi connectivity index (χ4v) is 3.84. The number of amides is 1. The third-order valence-electron chi connectivity index (χ3n) is 5.21. The van der Waals surface area contributed by atoms with Gasteiger partial charge in [0, 0.05) is 24.8 Å². The van der Waals surface area contributed by atoms with E-state index in [-0.39, 0.29) is 11.8 Å². The predicted molar refractivity (Wildman–Crippen MR) is 94.5 cm³/mol. The lowest BCUT2D eigenvalue weighted by Gasteiger charge is -2.33. The molecule has 0 saturated carbocycles. The van der Waals surface area contributed by atoms with E-state index in [1.807, 2.05) is 12.1 Å². The van der Waals surface area contributed by atoms with Crippen LogP contribution in [-0.4, -0.2) is 34.6 Å². The molecule has 27 heavy (non-hydrogen) atoms. The maximum absolute atomic E-state index is 13.3. The van der Waals surface area contributed by atoms with Gasteiger partial charge in [0.25, 0.3) is 5.91 Å². The summed E-state index contributed by atoms with van der Waals surface area (Å²) in [6.45, 7) is 1.27. The monoisotopic (exact) mass is 373 g/mol. The van der Waals surface area contributed by atoms with E-state index in [9.17, 15) is 18.0 Å². The molecule has 0 spiro atoms. The largest absolute Gasteiger partial charge is 0.416 e. The molecule has 4 nitrogen and oxygen atoms in total. The van der Waals surface area contributed by atoms with Crippen molar-refractivity contribution in [3.8, 4) is 0 Å². The van der Waals surface area contributed by atoms with Crippen LogP contribution in [0.25, 0.3) is 0 Å². The Labute approximate surface area is 154 Å². The SMILES string of the molecule is O=C(C1=NCc2cccnc21)N1CCC(c2ccccc2C(F)(F)F)CC1. The van der Waals surface area contributed by atoms with Crippen molar-refractivity contribution >= 4 is 11.6 Å². The molecular formula is C20H18F3N3O. The Kier molecular flexibility index (Phi) is 4.45. The van der Waals surface area contributed by atoms with Gasteiger partial charge in [-0.2, -0.15) is 13.2 Å². The van der Waals surface area contributed by atoms with Crippen LogP contribution in [0.4, 0.5) is 13.2 Å². The number of piperidine rings is 1. The number of benzene rings is 1. The van der Waals surface area contributed by atoms with Crippen LogP contribution in [0.2, 0.25) is 0 Å². The standard InChI is InChI=1S/C20H18F3N3O/c21-20(22,23)16-6-2-1-5-15(16)13-7-10-26(11-8-13)19(27)18-17-14(12-25-18)4-3-9-24-17/h1-6,9,13H,7-8,10-12H2. The van der Waals surface area contributed by atoms with Crippen LogP contribution in [0.3, 0.4) is 0 Å². The predicted octanol–water partition coefficient (Wildman–Crippen LogP) is 3.81. The van der Waals surface area contributed by atoms with E-state index in [2.05, 4.69) is 9.98 Å². The van der Waals surface area contributed by atoms with Gasteiger partial charge in [-0.3, -0.25) is 14.8 Å². The third-order valence-corrected chi connectivity index (χ3v) is 5.21. The average molecular weight is 373 g/mol. The Bertz CT molecular complexity index is 899. The molecule has 2 aromatic rings. The molecule has 0 N–H and O–H groups in total. The summed E-state index contributed by atoms with van der Waals surface area (Å²) in [6, 6.07) is 9.43. The first kappa shape index (κ1) is 17.7. The van der Waals surface area contributed by atoms with Gasteiger partial charge in [0.2, 0.25) is 0 Å². The minimum Gasteiger partial charge on any atom is -0.337 e. The summed E-state index contributed by atoms with van der Waals surface area (Å²) in [5.74, 6) is -0.391. The van der Waals surface area contributed by atoms with Gasteiger partial charge in [-0.25, -0.2) is 0 Å². The van der Waals surface area contributed by atoms with Gasteiger partial charge in [0.15, 0.2) is 0 Å². The molecule has 0 atom stereocenters. The first-order valence-electron chi connectivity index (χ1n) is 8.89. The van der Waals surface area contributed by atoms with E-state index in [0.717, 1.165) is 11.6 Å². The van der Waals surface area contributed by atoms with Crippen molar-refractivity contribution in [2.24, 2.45) is 4.99 Å². The zero-order chi connectivity index (χ0) is 19.0. The number of fused-ring (bicyclic) bond motifs is 1. The number of alkyl halides is 3. The molecule has 1 amide bonds. The van der Waals surface area contributed by atoms with E-state index in [1.165, 1.54) is 6.07 Å². The van der Waals surface area contributed by atoms with Crippen LogP contribution < -0.4 is 0 Å². The quantitative estimate of drug-likeness (QED) is 0.804. The fourth-order valence-electron chi connectivity index (χ4n) is 3.84. The normalized spacial score (nSPS) is 17.6. The molecule has 1 aromatic heterocycles. The number of hydrogen-bond donors (Lipinski definition) is 0. The van der Waals surface area contributed by atoms with Gasteiger partial charge in [-0.1, -0.05) is 24.3 Å². The molecule has 1 saturated heterocycles. The number of nitrogens with zero attached hydrogens (tertiary/aromatic N) is 3. The van der Waals surface area contributed by atoms with Crippen molar-refractivity contribution < 1.29 is 18.0 Å². The Morgan fingerprint density at radius 1 is 1.07 bits per heavy atom. The molecule has 0 unspecified atom stereocenters. The van der Waals surface area contributed by atoms with Gasteiger partial charge in [-0.05, 0) is 36.5 Å². The maximum Gasteiger partial charge on any atom is 0.416 e. The summed E-state index contributed by atoms with van der Waals surface area (Å²) >= 11 is 0. The Morgan fingerprint density at radius 2 is 1.81 bits per heavy atom. The summed E-state index contributed by atoms with van der Waals surface area (Å²) in [7, 11) is 0. The number of pyridine rings is 1. The average Bonchev–Trinajstić information content (AvgIpc) is 3.11. The molecule has 4 rings (SSSR count). The number of carbonyl (C=O) groups is 1. The molecule has 0 aliphatic carbocycles. The molecular weight excluding hydrogens is 355 g/mol. The van der Waals surface area contributed by atoms with Gasteiger partial charge < -0.3 is 4.90 Å². The summed E-state index contributed by atoms with van der Waals surface area (Å²) in [5.41, 5.74) is 1.65. The summed E-state index contributed by atoms with van der Waals surface area (Å²) in [4.78, 5) is 23.1. The second kappa shape index (κ2) is 6.79. The summed E-state index contributed by atoms with van der Waals surface area (Å²) < 4.78 is 39.8. The fraction of sp³-hybridized carbons (Fsp3) is 0.350. The number of aliphatic imine (C=N–C) groups is 1. The molecule has 140 valence electrons. The van der Waals surface area contributed by atoms with Gasteiger partial charge in [0.05, 0.1) is 17.8 Å². The number of aromatic nitrogens is 1. The van der Waals surface area contributed by atoms with Crippen molar-refractivity contribution in [1.29, 1.82) is 0 Å². The third kappa shape index (κ3) is 3.34. The lowest BCUT2D eigenvalue weighted by atomic mass is 9.86. The minimum absolute atomic E-state index is 0.185. The zero-order valence-corrected chi connectivity index (χ0v) is 14.5. The van der Waals surface area contributed by atoms with Crippen molar-refractivity contribution in [3.63, 3.8) is 0 Å². The van der Waals surface area contributed by atoms with Crippen LogP contribution in [0.1, 0.15) is 41.1 Å². The summed E-state index contributed by atoms with van der Waals surface area (Å²) in [6.07, 6.45) is -1.73. The lowest BCUT2D eigenvalue weighted by Crippen LogP contribution is -2.42. The highest BCUT2D eigenvalue weighted by Crippen LogP contribution is 2.38. The molecule has 0 bridgehead atoms. The highest BCUT2D eigenvalue weighted by atomic mass is 19.4. The first-order valence-corrected chi connectivity index (χ1v) is 8.89. The van der Waals surface area contributed by atoms with E-state index in [0.29, 0.717) is 49.4 Å². The second-order valence-corrected chi connectivity index (χ2v) is 6.83. The first-order chi connectivity index (χ1) is 12.9. The Hall–Kier alpha value is -2.70. The van der Waals surface area contributed by atoms with Crippen LogP contribution in [0.15, 0.2) is 47.6 Å². The van der Waals surface area contributed by atoms with Crippen molar-refractivity contribution in [2.75, 3.05) is 13.1 Å². The number of halogens is 3. The minimum atomic E-state index is -4.36. The molecule has 1 fully saturated rings. The Morgan fingerprint density at radius 3 is 2.56 bits per heavy atom. The lowest BCUT2D eigenvalue weighted by molar-refractivity contribution is -0.138. The van der Waals surface area contributed by atoms with Gasteiger partial charge in [0.1, 0.15) is 5.71 Å². The number of carbonyl (C=O) groups excluding carboxylic acids is 1. The molecule has 7 heteroatoms. The van der Waals surface area contributed by atoms with Crippen LogP contribution in [0, 0.1) is 0 Å². The maximum atomic E-state index is 13.3. The topological polar surface area (TPSA) is 45.6 Å². The molecule has 1 aromatic carbocycles. The van der Waals surface area contributed by atoms with E-state index in [1.54, 1.807) is 23.2 Å². The van der Waals surface area contributed by atoms with Crippen LogP contribution in [-0.2, 0) is 17.5 Å². The number of rotatable bonds is 2. The van der Waals surface area contributed by atoms with Gasteiger partial charge in [-0.15, -0.1) is 0 Å².